The number of rotatable bonds is 4. The number of methoxy groups -OCH3 is 1. The number of nitro benzene ring substituents is 1. The summed E-state index contributed by atoms with van der Waals surface area (Å²) < 4.78 is 57.4. The second-order valence-corrected chi connectivity index (χ2v) is 6.59. The van der Waals surface area contributed by atoms with Crippen LogP contribution >= 0.6 is 0 Å². The largest absolute Gasteiger partial charge is 0.494 e. The van der Waals surface area contributed by atoms with E-state index in [0.29, 0.717) is 0 Å². The highest BCUT2D eigenvalue weighted by Crippen LogP contribution is 2.35. The predicted molar refractivity (Wildman–Crippen MR) is 99.2 cm³/mol. The van der Waals surface area contributed by atoms with Crippen LogP contribution < -0.4 is 9.64 Å². The summed E-state index contributed by atoms with van der Waals surface area (Å²) in [7, 11) is 1.24. The van der Waals surface area contributed by atoms with E-state index < -0.39 is 34.1 Å². The van der Waals surface area contributed by atoms with Crippen LogP contribution in [0.3, 0.4) is 0 Å². The first kappa shape index (κ1) is 21.3. The molecule has 0 aromatic heterocycles. The highest BCUT2D eigenvalue weighted by atomic mass is 19.4. The summed E-state index contributed by atoms with van der Waals surface area (Å²) in [5.41, 5.74) is -1.30. The minimum absolute atomic E-state index is 0.0901. The van der Waals surface area contributed by atoms with Crippen LogP contribution in [-0.2, 0) is 6.18 Å². The third-order valence-corrected chi connectivity index (χ3v) is 4.79. The highest BCUT2D eigenvalue weighted by molar-refractivity contribution is 5.94. The minimum Gasteiger partial charge on any atom is -0.494 e. The smallest absolute Gasteiger partial charge is 0.416 e. The van der Waals surface area contributed by atoms with Crippen LogP contribution in [0.1, 0.15) is 15.9 Å². The van der Waals surface area contributed by atoms with Gasteiger partial charge in [-0.3, -0.25) is 14.9 Å². The summed E-state index contributed by atoms with van der Waals surface area (Å²) >= 11 is 0. The molecule has 3 rings (SSSR count). The molecule has 1 heterocycles. The zero-order chi connectivity index (χ0) is 22.1. The lowest BCUT2D eigenvalue weighted by Crippen LogP contribution is -2.49. The van der Waals surface area contributed by atoms with Crippen molar-refractivity contribution in [3.8, 4) is 5.75 Å². The lowest BCUT2D eigenvalue weighted by Gasteiger charge is -2.36. The number of carbonyl (C=O) groups excluding carboxylic acids is 1. The van der Waals surface area contributed by atoms with Gasteiger partial charge in [0.1, 0.15) is 5.69 Å². The number of alkyl halides is 3. The van der Waals surface area contributed by atoms with Gasteiger partial charge in [-0.1, -0.05) is 6.07 Å². The molecule has 0 N–H and O–H groups in total. The Labute approximate surface area is 168 Å². The zero-order valence-corrected chi connectivity index (χ0v) is 15.8. The van der Waals surface area contributed by atoms with Crippen LogP contribution in [0.25, 0.3) is 0 Å². The first-order valence-corrected chi connectivity index (χ1v) is 8.85. The number of piperazine rings is 1. The Kier molecular flexibility index (Phi) is 5.81. The van der Waals surface area contributed by atoms with Crippen molar-refractivity contribution >= 4 is 17.3 Å². The molecule has 160 valence electrons. The van der Waals surface area contributed by atoms with Gasteiger partial charge in [0.15, 0.2) is 11.6 Å². The average Bonchev–Trinajstić information content (AvgIpc) is 2.72. The van der Waals surface area contributed by atoms with E-state index in [4.69, 9.17) is 4.74 Å². The summed E-state index contributed by atoms with van der Waals surface area (Å²) in [6.45, 7) is 0.624. The van der Waals surface area contributed by atoms with Gasteiger partial charge in [-0.15, -0.1) is 0 Å². The minimum atomic E-state index is -4.56. The van der Waals surface area contributed by atoms with E-state index in [1.807, 2.05) is 0 Å². The Bertz CT molecular complexity index is 973. The van der Waals surface area contributed by atoms with Crippen molar-refractivity contribution in [2.75, 3.05) is 38.2 Å². The van der Waals surface area contributed by atoms with Gasteiger partial charge < -0.3 is 14.5 Å². The first-order chi connectivity index (χ1) is 14.1. The normalized spacial score (nSPS) is 14.6. The second-order valence-electron chi connectivity index (χ2n) is 6.59. The van der Waals surface area contributed by atoms with E-state index >= 15 is 0 Å². The van der Waals surface area contributed by atoms with E-state index in [1.165, 1.54) is 30.2 Å². The molecule has 1 aliphatic heterocycles. The third-order valence-electron chi connectivity index (χ3n) is 4.79. The summed E-state index contributed by atoms with van der Waals surface area (Å²) in [5, 5.41) is 11.3. The summed E-state index contributed by atoms with van der Waals surface area (Å²) in [4.78, 5) is 26.2. The molecule has 0 aliphatic carbocycles. The summed E-state index contributed by atoms with van der Waals surface area (Å²) in [6, 6.07) is 6.15. The van der Waals surface area contributed by atoms with Crippen molar-refractivity contribution in [1.82, 2.24) is 4.90 Å². The van der Waals surface area contributed by atoms with Crippen molar-refractivity contribution < 1.29 is 32.0 Å². The molecule has 7 nitrogen and oxygen atoms in total. The molecule has 0 radical (unpaired) electrons. The molecule has 2 aromatic rings. The number of hydrogen-bond acceptors (Lipinski definition) is 5. The van der Waals surface area contributed by atoms with Crippen molar-refractivity contribution in [2.24, 2.45) is 0 Å². The van der Waals surface area contributed by atoms with Gasteiger partial charge in [-0.05, 0) is 18.2 Å². The van der Waals surface area contributed by atoms with Crippen LogP contribution in [-0.4, -0.2) is 49.0 Å². The van der Waals surface area contributed by atoms with Gasteiger partial charge in [0.2, 0.25) is 0 Å². The molecular weight excluding hydrogens is 410 g/mol. The number of nitrogens with zero attached hydrogens (tertiary/aromatic N) is 3. The van der Waals surface area contributed by atoms with Crippen LogP contribution in [0, 0.1) is 15.9 Å². The molecule has 1 fully saturated rings. The Balaban J connectivity index is 1.77. The fourth-order valence-corrected chi connectivity index (χ4v) is 3.25. The standard InChI is InChI=1S/C19H17F4N3O4/c1-30-17-11-15(16(26(28)29)10-14(17)20)24-5-7-25(8-6-24)18(27)12-3-2-4-13(9-12)19(21,22)23/h2-4,9-11H,5-8H2,1H3. The van der Waals surface area contributed by atoms with Gasteiger partial charge in [0, 0.05) is 37.8 Å². The molecule has 0 saturated carbocycles. The van der Waals surface area contributed by atoms with E-state index in [2.05, 4.69) is 0 Å². The number of hydrogen-bond donors (Lipinski definition) is 0. The van der Waals surface area contributed by atoms with Crippen molar-refractivity contribution in [3.05, 3.63) is 63.5 Å². The number of anilines is 1. The van der Waals surface area contributed by atoms with Crippen LogP contribution in [0.5, 0.6) is 5.75 Å². The number of nitro groups is 1. The van der Waals surface area contributed by atoms with Crippen molar-refractivity contribution in [1.29, 1.82) is 0 Å². The quantitative estimate of drug-likeness (QED) is 0.422. The number of amides is 1. The number of ether oxygens (including phenoxy) is 1. The number of benzene rings is 2. The maximum Gasteiger partial charge on any atom is 0.416 e. The lowest BCUT2D eigenvalue weighted by molar-refractivity contribution is -0.384. The Morgan fingerprint density at radius 3 is 2.37 bits per heavy atom. The van der Waals surface area contributed by atoms with Crippen molar-refractivity contribution in [2.45, 2.75) is 6.18 Å². The monoisotopic (exact) mass is 427 g/mol. The Morgan fingerprint density at radius 1 is 1.13 bits per heavy atom. The van der Waals surface area contributed by atoms with Gasteiger partial charge in [-0.2, -0.15) is 13.2 Å². The topological polar surface area (TPSA) is 75.9 Å². The number of carbonyl (C=O) groups is 1. The van der Waals surface area contributed by atoms with Crippen LogP contribution in [0.2, 0.25) is 0 Å². The van der Waals surface area contributed by atoms with E-state index in [1.54, 1.807) is 4.90 Å². The van der Waals surface area contributed by atoms with Crippen LogP contribution in [0.15, 0.2) is 36.4 Å². The third kappa shape index (κ3) is 4.29. The maximum atomic E-state index is 13.8. The molecule has 1 aliphatic rings. The SMILES string of the molecule is COc1cc(N2CCN(C(=O)c3cccc(C(F)(F)F)c3)CC2)c([N+](=O)[O-])cc1F. The molecular formula is C19H17F4N3O4. The average molecular weight is 427 g/mol. The van der Waals surface area contributed by atoms with E-state index in [-0.39, 0.29) is 43.2 Å². The fraction of sp³-hybridized carbons (Fsp3) is 0.316. The van der Waals surface area contributed by atoms with Crippen molar-refractivity contribution in [3.63, 3.8) is 0 Å². The van der Waals surface area contributed by atoms with E-state index in [0.717, 1.165) is 18.2 Å². The molecule has 0 spiro atoms. The summed E-state index contributed by atoms with van der Waals surface area (Å²) in [6.07, 6.45) is -4.56. The fourth-order valence-electron chi connectivity index (χ4n) is 3.25. The highest BCUT2D eigenvalue weighted by Gasteiger charge is 2.32. The molecule has 1 saturated heterocycles. The second kappa shape index (κ2) is 8.17. The van der Waals surface area contributed by atoms with Gasteiger partial charge >= 0.3 is 6.18 Å². The molecule has 30 heavy (non-hydrogen) atoms. The first-order valence-electron chi connectivity index (χ1n) is 8.85. The van der Waals surface area contributed by atoms with Gasteiger partial charge in [0.05, 0.1) is 23.7 Å². The Morgan fingerprint density at radius 2 is 1.80 bits per heavy atom. The Hall–Kier alpha value is -3.37. The van der Waals surface area contributed by atoms with E-state index in [9.17, 15) is 32.5 Å². The summed E-state index contributed by atoms with van der Waals surface area (Å²) in [5.74, 6) is -1.59. The molecule has 2 aromatic carbocycles. The zero-order valence-electron chi connectivity index (χ0n) is 15.8. The maximum absolute atomic E-state index is 13.8. The molecule has 0 atom stereocenters. The van der Waals surface area contributed by atoms with Gasteiger partial charge in [0.25, 0.3) is 11.6 Å². The molecule has 11 heteroatoms. The molecule has 1 amide bonds. The lowest BCUT2D eigenvalue weighted by atomic mass is 10.1. The molecule has 0 unspecified atom stereocenters. The predicted octanol–water partition coefficient (Wildman–Crippen LogP) is 3.72. The number of halogens is 4. The molecule has 0 bridgehead atoms. The van der Waals surface area contributed by atoms with Crippen LogP contribution in [0.4, 0.5) is 28.9 Å². The van der Waals surface area contributed by atoms with Gasteiger partial charge in [-0.25, -0.2) is 4.39 Å².